The van der Waals surface area contributed by atoms with Gasteiger partial charge in [-0.25, -0.2) is 0 Å². The van der Waals surface area contributed by atoms with E-state index in [0.29, 0.717) is 6.04 Å². The number of rotatable bonds is 7. The second-order valence-electron chi connectivity index (χ2n) is 5.30. The Labute approximate surface area is 121 Å². The number of benzene rings is 1. The van der Waals surface area contributed by atoms with Crippen molar-refractivity contribution in [1.29, 1.82) is 0 Å². The van der Waals surface area contributed by atoms with Gasteiger partial charge in [-0.3, -0.25) is 4.90 Å². The van der Waals surface area contributed by atoms with E-state index in [1.807, 2.05) is 19.2 Å². The van der Waals surface area contributed by atoms with Crippen molar-refractivity contribution in [3.05, 3.63) is 59.5 Å². The van der Waals surface area contributed by atoms with Gasteiger partial charge in [0, 0.05) is 12.6 Å². The van der Waals surface area contributed by atoms with E-state index in [1.165, 1.54) is 11.1 Å². The molecule has 1 atom stereocenters. The van der Waals surface area contributed by atoms with E-state index in [2.05, 4.69) is 48.5 Å². The summed E-state index contributed by atoms with van der Waals surface area (Å²) >= 11 is 0. The largest absolute Gasteiger partial charge is 0.468 e. The Morgan fingerprint density at radius 2 is 2.00 bits per heavy atom. The highest BCUT2D eigenvalue weighted by atomic mass is 16.3. The van der Waals surface area contributed by atoms with Crippen LogP contribution in [-0.4, -0.2) is 25.5 Å². The molecule has 1 unspecified atom stereocenters. The average Bonchev–Trinajstić information content (AvgIpc) is 2.94. The molecule has 2 aromatic rings. The van der Waals surface area contributed by atoms with Gasteiger partial charge in [-0.15, -0.1) is 0 Å². The summed E-state index contributed by atoms with van der Waals surface area (Å²) in [6, 6.07) is 12.9. The fourth-order valence-electron chi connectivity index (χ4n) is 2.53. The van der Waals surface area contributed by atoms with Crippen LogP contribution in [0.1, 0.15) is 29.3 Å². The summed E-state index contributed by atoms with van der Waals surface area (Å²) in [6.45, 7) is 4.06. The minimum atomic E-state index is 0.398. The minimum absolute atomic E-state index is 0.398. The Morgan fingerprint density at radius 3 is 2.65 bits per heavy atom. The van der Waals surface area contributed by atoms with Crippen molar-refractivity contribution in [2.75, 3.05) is 20.6 Å². The fraction of sp³-hybridized carbons (Fsp3) is 0.412. The van der Waals surface area contributed by atoms with Crippen molar-refractivity contribution in [1.82, 2.24) is 10.2 Å². The molecule has 0 aliphatic carbocycles. The topological polar surface area (TPSA) is 28.4 Å². The average molecular weight is 272 g/mol. The molecule has 1 aromatic carbocycles. The van der Waals surface area contributed by atoms with Crippen LogP contribution in [-0.2, 0) is 6.54 Å². The van der Waals surface area contributed by atoms with Gasteiger partial charge < -0.3 is 9.73 Å². The highest BCUT2D eigenvalue weighted by Crippen LogP contribution is 2.20. The maximum Gasteiger partial charge on any atom is 0.117 e. The molecule has 3 heteroatoms. The summed E-state index contributed by atoms with van der Waals surface area (Å²) in [7, 11) is 4.16. The third kappa shape index (κ3) is 3.95. The molecule has 0 aliphatic heterocycles. The Morgan fingerprint density at radius 1 is 1.20 bits per heavy atom. The highest BCUT2D eigenvalue weighted by molar-refractivity contribution is 5.28. The van der Waals surface area contributed by atoms with Crippen LogP contribution in [0.5, 0.6) is 0 Å². The van der Waals surface area contributed by atoms with E-state index >= 15 is 0 Å². The quantitative estimate of drug-likeness (QED) is 0.837. The van der Waals surface area contributed by atoms with Crippen LogP contribution in [0, 0.1) is 6.92 Å². The number of hydrogen-bond donors (Lipinski definition) is 1. The van der Waals surface area contributed by atoms with Crippen LogP contribution in [0.3, 0.4) is 0 Å². The van der Waals surface area contributed by atoms with Crippen LogP contribution in [0.4, 0.5) is 0 Å². The zero-order chi connectivity index (χ0) is 14.4. The SMILES string of the molecule is CNC(CCN(C)Cc1ccco1)c1ccccc1C. The van der Waals surface area contributed by atoms with Gasteiger partial charge in [-0.05, 0) is 50.7 Å². The maximum absolute atomic E-state index is 5.38. The molecule has 1 N–H and O–H groups in total. The molecule has 20 heavy (non-hydrogen) atoms. The van der Waals surface area contributed by atoms with Crippen molar-refractivity contribution in [3.63, 3.8) is 0 Å². The van der Waals surface area contributed by atoms with Crippen molar-refractivity contribution < 1.29 is 4.42 Å². The zero-order valence-corrected chi connectivity index (χ0v) is 12.6. The van der Waals surface area contributed by atoms with E-state index in [0.717, 1.165) is 25.3 Å². The molecule has 1 aromatic heterocycles. The van der Waals surface area contributed by atoms with E-state index < -0.39 is 0 Å². The molecule has 0 fully saturated rings. The molecule has 108 valence electrons. The van der Waals surface area contributed by atoms with Gasteiger partial charge in [0.1, 0.15) is 5.76 Å². The van der Waals surface area contributed by atoms with Gasteiger partial charge in [-0.1, -0.05) is 24.3 Å². The molecule has 0 saturated heterocycles. The Kier molecular flexibility index (Phi) is 5.39. The van der Waals surface area contributed by atoms with Gasteiger partial charge in [0.25, 0.3) is 0 Å². The second kappa shape index (κ2) is 7.27. The molecule has 0 spiro atoms. The molecule has 0 bridgehead atoms. The van der Waals surface area contributed by atoms with Crippen LogP contribution in [0.25, 0.3) is 0 Å². The maximum atomic E-state index is 5.38. The normalized spacial score (nSPS) is 12.8. The number of nitrogens with one attached hydrogen (secondary N) is 1. The van der Waals surface area contributed by atoms with E-state index in [4.69, 9.17) is 4.42 Å². The van der Waals surface area contributed by atoms with Gasteiger partial charge in [0.15, 0.2) is 0 Å². The van der Waals surface area contributed by atoms with Crippen LogP contribution in [0.15, 0.2) is 47.1 Å². The smallest absolute Gasteiger partial charge is 0.117 e. The molecule has 1 heterocycles. The van der Waals surface area contributed by atoms with E-state index in [1.54, 1.807) is 6.26 Å². The predicted octanol–water partition coefficient (Wildman–Crippen LogP) is 3.37. The Hall–Kier alpha value is -1.58. The van der Waals surface area contributed by atoms with Crippen LogP contribution in [0.2, 0.25) is 0 Å². The van der Waals surface area contributed by atoms with Crippen molar-refractivity contribution >= 4 is 0 Å². The summed E-state index contributed by atoms with van der Waals surface area (Å²) in [5.41, 5.74) is 2.74. The lowest BCUT2D eigenvalue weighted by molar-refractivity contribution is 0.278. The third-order valence-corrected chi connectivity index (χ3v) is 3.72. The monoisotopic (exact) mass is 272 g/mol. The first-order valence-electron chi connectivity index (χ1n) is 7.14. The molecule has 0 saturated carbocycles. The highest BCUT2D eigenvalue weighted by Gasteiger charge is 2.12. The summed E-state index contributed by atoms with van der Waals surface area (Å²) in [5, 5.41) is 3.42. The first kappa shape index (κ1) is 14.8. The second-order valence-corrected chi connectivity index (χ2v) is 5.30. The van der Waals surface area contributed by atoms with Crippen LogP contribution < -0.4 is 5.32 Å². The molecule has 3 nitrogen and oxygen atoms in total. The van der Waals surface area contributed by atoms with Crippen molar-refractivity contribution in [2.45, 2.75) is 25.9 Å². The molecule has 0 aliphatic rings. The molecule has 0 amide bonds. The summed E-state index contributed by atoms with van der Waals surface area (Å²) < 4.78 is 5.38. The lowest BCUT2D eigenvalue weighted by Gasteiger charge is -2.22. The summed E-state index contributed by atoms with van der Waals surface area (Å²) in [5.74, 6) is 1.02. The first-order chi connectivity index (χ1) is 9.70. The van der Waals surface area contributed by atoms with Crippen molar-refractivity contribution in [2.24, 2.45) is 0 Å². The van der Waals surface area contributed by atoms with E-state index in [9.17, 15) is 0 Å². The lowest BCUT2D eigenvalue weighted by Crippen LogP contribution is -2.25. The number of furan rings is 1. The van der Waals surface area contributed by atoms with Gasteiger partial charge in [0.05, 0.1) is 12.8 Å². The number of nitrogens with zero attached hydrogens (tertiary/aromatic N) is 1. The van der Waals surface area contributed by atoms with Crippen molar-refractivity contribution in [3.8, 4) is 0 Å². The summed E-state index contributed by atoms with van der Waals surface area (Å²) in [6.07, 6.45) is 2.81. The Bertz CT molecular complexity index is 507. The Balaban J connectivity index is 1.89. The summed E-state index contributed by atoms with van der Waals surface area (Å²) in [4.78, 5) is 2.29. The minimum Gasteiger partial charge on any atom is -0.468 e. The fourth-order valence-corrected chi connectivity index (χ4v) is 2.53. The number of aryl methyl sites for hydroxylation is 1. The molecular formula is C17H24N2O. The van der Waals surface area contributed by atoms with Crippen LogP contribution >= 0.6 is 0 Å². The van der Waals surface area contributed by atoms with Gasteiger partial charge in [-0.2, -0.15) is 0 Å². The third-order valence-electron chi connectivity index (χ3n) is 3.72. The van der Waals surface area contributed by atoms with E-state index in [-0.39, 0.29) is 0 Å². The zero-order valence-electron chi connectivity index (χ0n) is 12.6. The standard InChI is InChI=1S/C17H24N2O/c1-14-7-4-5-9-16(14)17(18-2)10-11-19(3)13-15-8-6-12-20-15/h4-9,12,17-18H,10-11,13H2,1-3H3. The first-order valence-corrected chi connectivity index (χ1v) is 7.14. The molecule has 2 rings (SSSR count). The van der Waals surface area contributed by atoms with Gasteiger partial charge >= 0.3 is 0 Å². The lowest BCUT2D eigenvalue weighted by atomic mass is 9.99. The molecular weight excluding hydrogens is 248 g/mol. The number of hydrogen-bond acceptors (Lipinski definition) is 3. The van der Waals surface area contributed by atoms with Gasteiger partial charge in [0.2, 0.25) is 0 Å². The molecule has 0 radical (unpaired) electrons. The predicted molar refractivity (Wildman–Crippen MR) is 82.6 cm³/mol.